The van der Waals surface area contributed by atoms with Gasteiger partial charge in [0.1, 0.15) is 5.82 Å². The van der Waals surface area contributed by atoms with Gasteiger partial charge in [0.05, 0.1) is 0 Å². The minimum absolute atomic E-state index is 0. The van der Waals surface area contributed by atoms with E-state index in [-0.39, 0.29) is 35.7 Å². The Balaban J connectivity index is 0.00000392. The lowest BCUT2D eigenvalue weighted by Crippen LogP contribution is -2.41. The lowest BCUT2D eigenvalue weighted by atomic mass is 10.1. The molecule has 0 aliphatic carbocycles. The van der Waals surface area contributed by atoms with Crippen molar-refractivity contribution in [3.8, 4) is 0 Å². The first-order chi connectivity index (χ1) is 13.1. The van der Waals surface area contributed by atoms with Crippen LogP contribution in [0.3, 0.4) is 0 Å². The summed E-state index contributed by atoms with van der Waals surface area (Å²) in [4.78, 5) is 16.2. The van der Waals surface area contributed by atoms with E-state index < -0.39 is 0 Å². The van der Waals surface area contributed by atoms with Crippen LogP contribution in [0.15, 0.2) is 53.5 Å². The molecule has 0 bridgehead atoms. The molecule has 0 radical (unpaired) electrons. The van der Waals surface area contributed by atoms with Crippen molar-refractivity contribution in [1.29, 1.82) is 0 Å². The molecule has 2 rings (SSSR count). The molecule has 0 heterocycles. The number of benzene rings is 2. The van der Waals surface area contributed by atoms with E-state index in [1.165, 1.54) is 11.6 Å². The van der Waals surface area contributed by atoms with Gasteiger partial charge in [0.25, 0.3) is 5.91 Å². The van der Waals surface area contributed by atoms with E-state index in [1.807, 2.05) is 18.2 Å². The van der Waals surface area contributed by atoms with Gasteiger partial charge >= 0.3 is 0 Å². The van der Waals surface area contributed by atoms with Gasteiger partial charge in [-0.15, -0.1) is 24.0 Å². The quantitative estimate of drug-likeness (QED) is 0.227. The van der Waals surface area contributed by atoms with Gasteiger partial charge in [0.15, 0.2) is 5.96 Å². The number of guanidine groups is 1. The van der Waals surface area contributed by atoms with Crippen LogP contribution in [0.4, 0.5) is 4.39 Å². The van der Waals surface area contributed by atoms with E-state index in [9.17, 15) is 9.18 Å². The van der Waals surface area contributed by atoms with Gasteiger partial charge in [-0.3, -0.25) is 9.79 Å². The zero-order valence-electron chi connectivity index (χ0n) is 16.3. The fourth-order valence-corrected chi connectivity index (χ4v) is 2.56. The molecule has 28 heavy (non-hydrogen) atoms. The molecule has 2 aromatic carbocycles. The van der Waals surface area contributed by atoms with Crippen molar-refractivity contribution in [3.63, 3.8) is 0 Å². The maximum absolute atomic E-state index is 13.5. The maximum atomic E-state index is 13.5. The second-order valence-corrected chi connectivity index (χ2v) is 6.23. The van der Waals surface area contributed by atoms with Crippen molar-refractivity contribution in [2.24, 2.45) is 4.99 Å². The monoisotopic (exact) mass is 498 g/mol. The molecule has 152 valence electrons. The van der Waals surface area contributed by atoms with Gasteiger partial charge in [-0.25, -0.2) is 4.39 Å². The standard InChI is InChI=1S/C21H27FN4O.HI/c1-16-10-11-18(15-19(16)22)20(27)24-13-14-26-21(23-2)25-12-6-9-17-7-4-3-5-8-17;/h3-5,7-8,10-11,15H,6,9,12-14H2,1-2H3,(H,24,27)(H2,23,25,26);1H. The summed E-state index contributed by atoms with van der Waals surface area (Å²) in [5.74, 6) is 0.0288. The number of hydrogen-bond donors (Lipinski definition) is 3. The number of hydrogen-bond acceptors (Lipinski definition) is 2. The topological polar surface area (TPSA) is 65.5 Å². The number of aliphatic imine (C=N–C) groups is 1. The van der Waals surface area contributed by atoms with Gasteiger partial charge in [-0.1, -0.05) is 36.4 Å². The van der Waals surface area contributed by atoms with Crippen LogP contribution in [0.1, 0.15) is 27.9 Å². The summed E-state index contributed by atoms with van der Waals surface area (Å²) >= 11 is 0. The largest absolute Gasteiger partial charge is 0.356 e. The SMILES string of the molecule is CN=C(NCCCc1ccccc1)NCCNC(=O)c1ccc(C)c(F)c1.I. The molecule has 0 aliphatic heterocycles. The molecule has 0 atom stereocenters. The Kier molecular flexibility index (Phi) is 11.2. The van der Waals surface area contributed by atoms with Crippen LogP contribution in [0.25, 0.3) is 0 Å². The van der Waals surface area contributed by atoms with Crippen LogP contribution >= 0.6 is 24.0 Å². The van der Waals surface area contributed by atoms with Crippen molar-refractivity contribution in [1.82, 2.24) is 16.0 Å². The van der Waals surface area contributed by atoms with Crippen LogP contribution in [0, 0.1) is 12.7 Å². The lowest BCUT2D eigenvalue weighted by molar-refractivity contribution is 0.0954. The molecular weight excluding hydrogens is 470 g/mol. The summed E-state index contributed by atoms with van der Waals surface area (Å²) in [6, 6.07) is 14.8. The fourth-order valence-electron chi connectivity index (χ4n) is 2.56. The van der Waals surface area contributed by atoms with Crippen molar-refractivity contribution in [2.75, 3.05) is 26.7 Å². The zero-order valence-corrected chi connectivity index (χ0v) is 18.6. The van der Waals surface area contributed by atoms with E-state index in [0.29, 0.717) is 30.2 Å². The van der Waals surface area contributed by atoms with E-state index in [1.54, 1.807) is 26.1 Å². The summed E-state index contributed by atoms with van der Waals surface area (Å²) in [6.07, 6.45) is 2.01. The number of aryl methyl sites for hydroxylation is 2. The van der Waals surface area contributed by atoms with E-state index >= 15 is 0 Å². The van der Waals surface area contributed by atoms with Crippen LogP contribution < -0.4 is 16.0 Å². The van der Waals surface area contributed by atoms with Crippen LogP contribution in [0.5, 0.6) is 0 Å². The number of amides is 1. The normalized spacial score (nSPS) is 10.8. The number of carbonyl (C=O) groups excluding carboxylic acids is 1. The molecule has 0 saturated heterocycles. The van der Waals surface area contributed by atoms with Crippen LogP contribution in [-0.4, -0.2) is 38.5 Å². The van der Waals surface area contributed by atoms with Gasteiger partial charge in [-0.05, 0) is 43.0 Å². The van der Waals surface area contributed by atoms with Gasteiger partial charge in [0.2, 0.25) is 0 Å². The van der Waals surface area contributed by atoms with E-state index in [0.717, 1.165) is 19.4 Å². The smallest absolute Gasteiger partial charge is 0.251 e. The van der Waals surface area contributed by atoms with Gasteiger partial charge in [-0.2, -0.15) is 0 Å². The fraction of sp³-hybridized carbons (Fsp3) is 0.333. The molecule has 0 unspecified atom stereocenters. The molecule has 0 aromatic heterocycles. The number of halogens is 2. The predicted molar refractivity (Wildman–Crippen MR) is 123 cm³/mol. The third kappa shape index (κ3) is 8.24. The Morgan fingerprint density at radius 2 is 1.68 bits per heavy atom. The third-order valence-corrected chi connectivity index (χ3v) is 4.14. The molecule has 2 aromatic rings. The second kappa shape index (κ2) is 13.1. The van der Waals surface area contributed by atoms with Gasteiger partial charge in [0, 0.05) is 32.2 Å². The Hall–Kier alpha value is -2.16. The second-order valence-electron chi connectivity index (χ2n) is 6.23. The minimum atomic E-state index is -0.374. The summed E-state index contributed by atoms with van der Waals surface area (Å²) in [5, 5.41) is 9.16. The lowest BCUT2D eigenvalue weighted by Gasteiger charge is -2.12. The summed E-state index contributed by atoms with van der Waals surface area (Å²) in [5.41, 5.74) is 2.16. The van der Waals surface area contributed by atoms with E-state index in [4.69, 9.17) is 0 Å². The Morgan fingerprint density at radius 3 is 2.36 bits per heavy atom. The number of carbonyl (C=O) groups is 1. The van der Waals surface area contributed by atoms with Crippen molar-refractivity contribution < 1.29 is 9.18 Å². The predicted octanol–water partition coefficient (Wildman–Crippen LogP) is 3.28. The van der Waals surface area contributed by atoms with Gasteiger partial charge < -0.3 is 16.0 Å². The first-order valence-corrected chi connectivity index (χ1v) is 9.13. The molecular formula is C21H28FIN4O. The highest BCUT2D eigenvalue weighted by molar-refractivity contribution is 14.0. The highest BCUT2D eigenvalue weighted by atomic mass is 127. The average molecular weight is 498 g/mol. The summed E-state index contributed by atoms with van der Waals surface area (Å²) < 4.78 is 13.5. The highest BCUT2D eigenvalue weighted by Gasteiger charge is 2.07. The molecule has 3 N–H and O–H groups in total. The molecule has 0 spiro atoms. The van der Waals surface area contributed by atoms with Crippen molar-refractivity contribution in [2.45, 2.75) is 19.8 Å². The first-order valence-electron chi connectivity index (χ1n) is 9.13. The number of rotatable bonds is 8. The van der Waals surface area contributed by atoms with E-state index in [2.05, 4.69) is 33.1 Å². The maximum Gasteiger partial charge on any atom is 0.251 e. The van der Waals surface area contributed by atoms with Crippen LogP contribution in [0.2, 0.25) is 0 Å². The van der Waals surface area contributed by atoms with Crippen molar-refractivity contribution in [3.05, 3.63) is 71.0 Å². The zero-order chi connectivity index (χ0) is 19.5. The van der Waals surface area contributed by atoms with Crippen molar-refractivity contribution >= 4 is 35.8 Å². The Bertz CT molecular complexity index is 768. The molecule has 7 heteroatoms. The number of nitrogens with one attached hydrogen (secondary N) is 3. The number of nitrogens with zero attached hydrogens (tertiary/aromatic N) is 1. The summed E-state index contributed by atoms with van der Waals surface area (Å²) in [7, 11) is 1.71. The molecule has 0 fully saturated rings. The highest BCUT2D eigenvalue weighted by Crippen LogP contribution is 2.08. The Labute approximate surface area is 183 Å². The Morgan fingerprint density at radius 1 is 1.00 bits per heavy atom. The minimum Gasteiger partial charge on any atom is -0.356 e. The molecule has 1 amide bonds. The molecule has 5 nitrogen and oxygen atoms in total. The van der Waals surface area contributed by atoms with Crippen LogP contribution in [-0.2, 0) is 6.42 Å². The third-order valence-electron chi connectivity index (χ3n) is 4.14. The molecule has 0 aliphatic rings. The average Bonchev–Trinajstić information content (AvgIpc) is 2.69. The molecule has 0 saturated carbocycles. The first kappa shape index (κ1) is 23.9. The summed E-state index contributed by atoms with van der Waals surface area (Å²) in [6.45, 7) is 3.42.